The van der Waals surface area contributed by atoms with Crippen molar-refractivity contribution in [1.82, 2.24) is 14.5 Å². The number of hydrogen-bond donors (Lipinski definition) is 1. The lowest BCUT2D eigenvalue weighted by atomic mass is 10.1. The van der Waals surface area contributed by atoms with Gasteiger partial charge in [-0.15, -0.1) is 12.4 Å². The molecule has 1 atom stereocenters. The summed E-state index contributed by atoms with van der Waals surface area (Å²) in [6, 6.07) is 7.78. The van der Waals surface area contributed by atoms with Gasteiger partial charge < -0.3 is 5.32 Å². The highest BCUT2D eigenvalue weighted by atomic mass is 35.5. The van der Waals surface area contributed by atoms with Crippen LogP contribution >= 0.6 is 12.4 Å². The SMILES string of the molecule is CCCc1ccc(S(=O)(=O)N2CCC(N3CCNCC3)C2)cc1.Cl. The fourth-order valence-corrected chi connectivity index (χ4v) is 5.03. The van der Waals surface area contributed by atoms with Gasteiger partial charge in [0.15, 0.2) is 0 Å². The number of benzene rings is 1. The number of nitrogens with zero attached hydrogens (tertiary/aromatic N) is 2. The van der Waals surface area contributed by atoms with E-state index in [1.54, 1.807) is 16.4 Å². The molecule has 1 aromatic rings. The highest BCUT2D eigenvalue weighted by Gasteiger charge is 2.35. The Bertz CT molecular complexity index is 615. The van der Waals surface area contributed by atoms with Gasteiger partial charge in [-0.25, -0.2) is 8.42 Å². The molecule has 2 fully saturated rings. The number of hydrogen-bond acceptors (Lipinski definition) is 4. The third-order valence-corrected chi connectivity index (χ3v) is 6.77. The van der Waals surface area contributed by atoms with E-state index in [-0.39, 0.29) is 12.4 Å². The predicted molar refractivity (Wildman–Crippen MR) is 99.3 cm³/mol. The summed E-state index contributed by atoms with van der Waals surface area (Å²) in [6.07, 6.45) is 3.01. The third-order valence-electron chi connectivity index (χ3n) is 4.89. The Labute approximate surface area is 151 Å². The Morgan fingerprint density at radius 1 is 1.12 bits per heavy atom. The van der Waals surface area contributed by atoms with Gasteiger partial charge in [-0.2, -0.15) is 4.31 Å². The molecule has 1 N–H and O–H groups in total. The van der Waals surface area contributed by atoms with Crippen molar-refractivity contribution in [3.8, 4) is 0 Å². The van der Waals surface area contributed by atoms with Gasteiger partial charge in [-0.05, 0) is 30.5 Å². The minimum atomic E-state index is -3.35. The van der Waals surface area contributed by atoms with Crippen LogP contribution in [0.3, 0.4) is 0 Å². The van der Waals surface area contributed by atoms with Crippen LogP contribution < -0.4 is 5.32 Å². The lowest BCUT2D eigenvalue weighted by Gasteiger charge is -2.32. The van der Waals surface area contributed by atoms with Crippen molar-refractivity contribution in [2.45, 2.75) is 37.1 Å². The van der Waals surface area contributed by atoms with Crippen LogP contribution in [0.1, 0.15) is 25.3 Å². The van der Waals surface area contributed by atoms with Gasteiger partial charge >= 0.3 is 0 Å². The van der Waals surface area contributed by atoms with E-state index in [9.17, 15) is 8.42 Å². The van der Waals surface area contributed by atoms with Gasteiger partial charge in [0.25, 0.3) is 0 Å². The van der Waals surface area contributed by atoms with Gasteiger partial charge in [-0.3, -0.25) is 4.90 Å². The van der Waals surface area contributed by atoms with E-state index < -0.39 is 10.0 Å². The largest absolute Gasteiger partial charge is 0.314 e. The molecule has 1 aromatic carbocycles. The molecule has 2 heterocycles. The van der Waals surface area contributed by atoms with E-state index >= 15 is 0 Å². The number of rotatable bonds is 5. The summed E-state index contributed by atoms with van der Waals surface area (Å²) in [5, 5.41) is 3.35. The van der Waals surface area contributed by atoms with Gasteiger partial charge in [0, 0.05) is 45.3 Å². The molecule has 0 aliphatic carbocycles. The molecule has 0 saturated carbocycles. The zero-order valence-corrected chi connectivity index (χ0v) is 15.9. The maximum Gasteiger partial charge on any atom is 0.243 e. The first-order valence-electron chi connectivity index (χ1n) is 8.65. The van der Waals surface area contributed by atoms with E-state index in [4.69, 9.17) is 0 Å². The lowest BCUT2D eigenvalue weighted by molar-refractivity contribution is 0.179. The number of piperazine rings is 1. The van der Waals surface area contributed by atoms with E-state index in [1.165, 1.54) is 5.56 Å². The third kappa shape index (κ3) is 4.29. The summed E-state index contributed by atoms with van der Waals surface area (Å²) >= 11 is 0. The topological polar surface area (TPSA) is 52.7 Å². The predicted octanol–water partition coefficient (Wildman–Crippen LogP) is 1.73. The monoisotopic (exact) mass is 373 g/mol. The van der Waals surface area contributed by atoms with Crippen LogP contribution in [0.25, 0.3) is 0 Å². The first kappa shape index (κ1) is 19.7. The van der Waals surface area contributed by atoms with Crippen molar-refractivity contribution < 1.29 is 8.42 Å². The van der Waals surface area contributed by atoms with Crippen LogP contribution in [0.4, 0.5) is 0 Å². The van der Waals surface area contributed by atoms with E-state index in [0.29, 0.717) is 24.0 Å². The minimum Gasteiger partial charge on any atom is -0.314 e. The summed E-state index contributed by atoms with van der Waals surface area (Å²) in [4.78, 5) is 2.86. The van der Waals surface area contributed by atoms with Gasteiger partial charge in [0.1, 0.15) is 0 Å². The second-order valence-electron chi connectivity index (χ2n) is 6.49. The fraction of sp³-hybridized carbons (Fsp3) is 0.647. The van der Waals surface area contributed by atoms with E-state index in [1.807, 2.05) is 12.1 Å². The summed E-state index contributed by atoms with van der Waals surface area (Å²) in [6.45, 7) is 7.43. The summed E-state index contributed by atoms with van der Waals surface area (Å²) in [5.74, 6) is 0. The first-order chi connectivity index (χ1) is 11.1. The average molecular weight is 374 g/mol. The van der Waals surface area contributed by atoms with E-state index in [0.717, 1.165) is 45.4 Å². The van der Waals surface area contributed by atoms with Crippen molar-refractivity contribution in [2.75, 3.05) is 39.3 Å². The molecular weight excluding hydrogens is 346 g/mol. The molecule has 0 aromatic heterocycles. The zero-order valence-electron chi connectivity index (χ0n) is 14.3. The molecule has 5 nitrogen and oxygen atoms in total. The number of nitrogens with one attached hydrogen (secondary N) is 1. The zero-order chi connectivity index (χ0) is 16.3. The second kappa shape index (κ2) is 8.63. The van der Waals surface area contributed by atoms with Crippen molar-refractivity contribution in [3.63, 3.8) is 0 Å². The van der Waals surface area contributed by atoms with Crippen LogP contribution in [0.2, 0.25) is 0 Å². The molecule has 3 rings (SSSR count). The summed E-state index contributed by atoms with van der Waals surface area (Å²) in [7, 11) is -3.35. The minimum absolute atomic E-state index is 0. The highest BCUT2D eigenvalue weighted by Crippen LogP contribution is 2.24. The number of aryl methyl sites for hydroxylation is 1. The van der Waals surface area contributed by atoms with Crippen LogP contribution in [-0.2, 0) is 16.4 Å². The average Bonchev–Trinajstić information content (AvgIpc) is 3.07. The highest BCUT2D eigenvalue weighted by molar-refractivity contribution is 7.89. The Morgan fingerprint density at radius 2 is 1.79 bits per heavy atom. The Morgan fingerprint density at radius 3 is 2.42 bits per heavy atom. The molecule has 2 saturated heterocycles. The van der Waals surface area contributed by atoms with Gasteiger partial charge in [-0.1, -0.05) is 25.5 Å². The normalized spacial score (nSPS) is 23.1. The summed E-state index contributed by atoms with van der Waals surface area (Å²) in [5.41, 5.74) is 1.20. The standard InChI is InChI=1S/C17H27N3O2S.ClH/c1-2-3-15-4-6-17(7-5-15)23(21,22)20-11-8-16(14-20)19-12-9-18-10-13-19;/h4-7,16,18H,2-3,8-14H2,1H3;1H. The molecule has 0 radical (unpaired) electrons. The molecular formula is C17H28ClN3O2S. The smallest absolute Gasteiger partial charge is 0.243 e. The molecule has 136 valence electrons. The molecule has 2 aliphatic heterocycles. The number of halogens is 1. The fourth-order valence-electron chi connectivity index (χ4n) is 3.54. The Kier molecular flexibility index (Phi) is 7.07. The van der Waals surface area contributed by atoms with Crippen molar-refractivity contribution in [2.24, 2.45) is 0 Å². The molecule has 1 unspecified atom stereocenters. The molecule has 24 heavy (non-hydrogen) atoms. The molecule has 0 amide bonds. The Balaban J connectivity index is 0.00000208. The van der Waals surface area contributed by atoms with Crippen LogP contribution in [0.15, 0.2) is 29.2 Å². The van der Waals surface area contributed by atoms with Crippen molar-refractivity contribution in [3.05, 3.63) is 29.8 Å². The first-order valence-corrected chi connectivity index (χ1v) is 10.1. The van der Waals surface area contributed by atoms with Gasteiger partial charge in [0.2, 0.25) is 10.0 Å². The Hall–Kier alpha value is -0.660. The van der Waals surface area contributed by atoms with Crippen molar-refractivity contribution in [1.29, 1.82) is 0 Å². The van der Waals surface area contributed by atoms with Gasteiger partial charge in [0.05, 0.1) is 4.90 Å². The quantitative estimate of drug-likeness (QED) is 0.854. The lowest BCUT2D eigenvalue weighted by Crippen LogP contribution is -2.49. The maximum atomic E-state index is 12.8. The van der Waals surface area contributed by atoms with Crippen molar-refractivity contribution >= 4 is 22.4 Å². The van der Waals surface area contributed by atoms with Crippen LogP contribution in [-0.4, -0.2) is 62.9 Å². The molecule has 0 bridgehead atoms. The maximum absolute atomic E-state index is 12.8. The number of sulfonamides is 1. The van der Waals surface area contributed by atoms with Crippen LogP contribution in [0, 0.1) is 0 Å². The molecule has 7 heteroatoms. The van der Waals surface area contributed by atoms with Crippen LogP contribution in [0.5, 0.6) is 0 Å². The second-order valence-corrected chi connectivity index (χ2v) is 8.42. The molecule has 0 spiro atoms. The summed E-state index contributed by atoms with van der Waals surface area (Å²) < 4.78 is 27.3. The van der Waals surface area contributed by atoms with E-state index in [2.05, 4.69) is 17.1 Å². The molecule has 2 aliphatic rings.